The van der Waals surface area contributed by atoms with Crippen LogP contribution in [0.15, 0.2) is 59.1 Å². The summed E-state index contributed by atoms with van der Waals surface area (Å²) >= 11 is 0. The van der Waals surface area contributed by atoms with E-state index in [2.05, 4.69) is 38.6 Å². The highest BCUT2D eigenvalue weighted by molar-refractivity contribution is 5.80. The highest BCUT2D eigenvalue weighted by atomic mass is 16.5. The molecule has 0 saturated heterocycles. The van der Waals surface area contributed by atoms with Gasteiger partial charge in [-0.3, -0.25) is 0 Å². The molecular formula is C18H16N4O. The Labute approximate surface area is 133 Å². The lowest BCUT2D eigenvalue weighted by atomic mass is 10.1. The van der Waals surface area contributed by atoms with Crippen molar-refractivity contribution in [3.8, 4) is 11.4 Å². The van der Waals surface area contributed by atoms with Crippen LogP contribution in [0.5, 0.6) is 0 Å². The first-order valence-electron chi connectivity index (χ1n) is 7.49. The summed E-state index contributed by atoms with van der Waals surface area (Å²) < 4.78 is 5.26. The first-order valence-corrected chi connectivity index (χ1v) is 7.49. The molecule has 0 spiro atoms. The Balaban J connectivity index is 1.48. The van der Waals surface area contributed by atoms with Crippen molar-refractivity contribution in [1.82, 2.24) is 15.1 Å². The Bertz CT molecular complexity index is 904. The monoisotopic (exact) mass is 304 g/mol. The number of hydrogen-bond acceptors (Lipinski definition) is 4. The zero-order valence-electron chi connectivity index (χ0n) is 12.7. The summed E-state index contributed by atoms with van der Waals surface area (Å²) in [5.41, 5.74) is 4.34. The minimum Gasteiger partial charge on any atom is -0.357 e. The summed E-state index contributed by atoms with van der Waals surface area (Å²) in [7, 11) is 0. The van der Waals surface area contributed by atoms with Crippen LogP contribution < -0.4 is 5.32 Å². The molecule has 0 radical (unpaired) electrons. The minimum atomic E-state index is 0.416. The van der Waals surface area contributed by atoms with Crippen molar-refractivity contribution in [1.29, 1.82) is 0 Å². The van der Waals surface area contributed by atoms with Crippen LogP contribution in [-0.2, 0) is 6.54 Å². The molecule has 0 bridgehead atoms. The zero-order valence-corrected chi connectivity index (χ0v) is 12.7. The fourth-order valence-electron chi connectivity index (χ4n) is 2.51. The van der Waals surface area contributed by atoms with E-state index in [-0.39, 0.29) is 0 Å². The molecule has 2 aromatic heterocycles. The van der Waals surface area contributed by atoms with Gasteiger partial charge in [-0.05, 0) is 24.4 Å². The Kier molecular flexibility index (Phi) is 3.31. The van der Waals surface area contributed by atoms with Crippen LogP contribution in [0.25, 0.3) is 22.3 Å². The average molecular weight is 304 g/mol. The van der Waals surface area contributed by atoms with Crippen LogP contribution in [0.2, 0.25) is 0 Å². The van der Waals surface area contributed by atoms with E-state index in [0.29, 0.717) is 18.4 Å². The molecule has 2 aromatic carbocycles. The lowest BCUT2D eigenvalue weighted by molar-refractivity contribution is 0.432. The van der Waals surface area contributed by atoms with Gasteiger partial charge in [-0.15, -0.1) is 0 Å². The van der Waals surface area contributed by atoms with Crippen LogP contribution in [0.3, 0.4) is 0 Å². The molecule has 5 nitrogen and oxygen atoms in total. The Morgan fingerprint density at radius 2 is 1.91 bits per heavy atom. The molecule has 2 N–H and O–H groups in total. The average Bonchev–Trinajstić information content (AvgIpc) is 3.20. The SMILES string of the molecule is Cc1ccc(-c2noc(NCc3cc4ccccc4[nH]3)n2)cc1. The molecule has 23 heavy (non-hydrogen) atoms. The normalized spacial score (nSPS) is 11.0. The second kappa shape index (κ2) is 5.61. The predicted molar refractivity (Wildman–Crippen MR) is 90.1 cm³/mol. The van der Waals surface area contributed by atoms with E-state index in [4.69, 9.17) is 4.52 Å². The third-order valence-electron chi connectivity index (χ3n) is 3.75. The quantitative estimate of drug-likeness (QED) is 0.594. The number of aromatic amines is 1. The second-order valence-corrected chi connectivity index (χ2v) is 5.52. The number of nitrogens with one attached hydrogen (secondary N) is 2. The van der Waals surface area contributed by atoms with Crippen LogP contribution in [-0.4, -0.2) is 15.1 Å². The molecule has 0 aliphatic rings. The molecule has 2 heterocycles. The number of fused-ring (bicyclic) bond motifs is 1. The fraction of sp³-hybridized carbons (Fsp3) is 0.111. The summed E-state index contributed by atoms with van der Waals surface area (Å²) in [6, 6.07) is 18.7. The van der Waals surface area contributed by atoms with E-state index in [1.165, 1.54) is 10.9 Å². The maximum atomic E-state index is 5.26. The Morgan fingerprint density at radius 1 is 1.09 bits per heavy atom. The van der Waals surface area contributed by atoms with Crippen molar-refractivity contribution in [3.05, 3.63) is 65.9 Å². The molecular weight excluding hydrogens is 288 g/mol. The summed E-state index contributed by atoms with van der Waals surface area (Å²) in [4.78, 5) is 7.73. The number of aromatic nitrogens is 3. The maximum Gasteiger partial charge on any atom is 0.322 e. The largest absolute Gasteiger partial charge is 0.357 e. The fourth-order valence-corrected chi connectivity index (χ4v) is 2.51. The third kappa shape index (κ3) is 2.81. The number of hydrogen-bond donors (Lipinski definition) is 2. The van der Waals surface area contributed by atoms with Crippen molar-refractivity contribution in [2.45, 2.75) is 13.5 Å². The van der Waals surface area contributed by atoms with E-state index in [0.717, 1.165) is 16.8 Å². The Morgan fingerprint density at radius 3 is 2.74 bits per heavy atom. The van der Waals surface area contributed by atoms with Gasteiger partial charge in [0.1, 0.15) is 0 Å². The molecule has 0 aliphatic heterocycles. The van der Waals surface area contributed by atoms with Crippen molar-refractivity contribution >= 4 is 16.9 Å². The number of rotatable bonds is 4. The van der Waals surface area contributed by atoms with E-state index in [1.807, 2.05) is 43.3 Å². The van der Waals surface area contributed by atoms with E-state index in [9.17, 15) is 0 Å². The van der Waals surface area contributed by atoms with Crippen molar-refractivity contribution in [3.63, 3.8) is 0 Å². The van der Waals surface area contributed by atoms with Gasteiger partial charge in [-0.25, -0.2) is 0 Å². The van der Waals surface area contributed by atoms with Crippen molar-refractivity contribution < 1.29 is 4.52 Å². The molecule has 4 rings (SSSR count). The molecule has 0 atom stereocenters. The van der Waals surface area contributed by atoms with Gasteiger partial charge < -0.3 is 14.8 Å². The summed E-state index contributed by atoms with van der Waals surface area (Å²) in [6.45, 7) is 2.65. The van der Waals surface area contributed by atoms with Gasteiger partial charge in [-0.1, -0.05) is 53.2 Å². The molecule has 114 valence electrons. The van der Waals surface area contributed by atoms with Crippen LogP contribution in [0.4, 0.5) is 6.01 Å². The lowest BCUT2D eigenvalue weighted by Crippen LogP contribution is -1.99. The Hall–Kier alpha value is -3.08. The minimum absolute atomic E-state index is 0.416. The molecule has 0 amide bonds. The summed E-state index contributed by atoms with van der Waals surface area (Å²) in [5.74, 6) is 0.587. The number of benzene rings is 2. The number of H-pyrrole nitrogens is 1. The van der Waals surface area contributed by atoms with Gasteiger partial charge in [0, 0.05) is 16.8 Å². The molecule has 5 heteroatoms. The maximum absolute atomic E-state index is 5.26. The van der Waals surface area contributed by atoms with Gasteiger partial charge in [0.05, 0.1) is 6.54 Å². The molecule has 0 unspecified atom stereocenters. The number of para-hydroxylation sites is 1. The van der Waals surface area contributed by atoms with E-state index >= 15 is 0 Å². The van der Waals surface area contributed by atoms with Crippen LogP contribution >= 0.6 is 0 Å². The van der Waals surface area contributed by atoms with Crippen LogP contribution in [0.1, 0.15) is 11.3 Å². The van der Waals surface area contributed by atoms with E-state index in [1.54, 1.807) is 0 Å². The standard InChI is InChI=1S/C18H16N4O/c1-12-6-8-13(9-7-12)17-21-18(23-22-17)19-11-15-10-14-4-2-3-5-16(14)20-15/h2-10,20H,11H2,1H3,(H,19,21,22). The molecule has 4 aromatic rings. The number of nitrogens with zero attached hydrogens (tertiary/aromatic N) is 2. The summed E-state index contributed by atoms with van der Waals surface area (Å²) in [5, 5.41) is 8.35. The van der Waals surface area contributed by atoms with Gasteiger partial charge in [0.25, 0.3) is 0 Å². The topological polar surface area (TPSA) is 66.7 Å². The smallest absolute Gasteiger partial charge is 0.322 e. The number of aryl methyl sites for hydroxylation is 1. The van der Waals surface area contributed by atoms with E-state index < -0.39 is 0 Å². The number of anilines is 1. The molecule has 0 fully saturated rings. The van der Waals surface area contributed by atoms with Gasteiger partial charge in [0.15, 0.2) is 0 Å². The first-order chi connectivity index (χ1) is 11.3. The van der Waals surface area contributed by atoms with Gasteiger partial charge in [-0.2, -0.15) is 4.98 Å². The van der Waals surface area contributed by atoms with Crippen LogP contribution in [0, 0.1) is 6.92 Å². The highest BCUT2D eigenvalue weighted by Gasteiger charge is 2.08. The third-order valence-corrected chi connectivity index (χ3v) is 3.75. The highest BCUT2D eigenvalue weighted by Crippen LogP contribution is 2.19. The molecule has 0 saturated carbocycles. The van der Waals surface area contributed by atoms with Crippen molar-refractivity contribution in [2.24, 2.45) is 0 Å². The molecule has 0 aliphatic carbocycles. The van der Waals surface area contributed by atoms with Crippen molar-refractivity contribution in [2.75, 3.05) is 5.32 Å². The predicted octanol–water partition coefficient (Wildman–Crippen LogP) is 4.14. The lowest BCUT2D eigenvalue weighted by Gasteiger charge is -1.97. The van der Waals surface area contributed by atoms with Gasteiger partial charge >= 0.3 is 6.01 Å². The zero-order chi connectivity index (χ0) is 15.6. The summed E-state index contributed by atoms with van der Waals surface area (Å²) in [6.07, 6.45) is 0. The first kappa shape index (κ1) is 13.6. The second-order valence-electron chi connectivity index (χ2n) is 5.52. The van der Waals surface area contributed by atoms with Gasteiger partial charge in [0.2, 0.25) is 5.82 Å².